The number of benzene rings is 1. The molecule has 1 heterocycles. The number of amides is 1. The summed E-state index contributed by atoms with van der Waals surface area (Å²) in [4.78, 5) is 16.3. The highest BCUT2D eigenvalue weighted by molar-refractivity contribution is 6.02. The summed E-state index contributed by atoms with van der Waals surface area (Å²) >= 11 is 0. The molecule has 3 N–H and O–H groups in total. The number of nitrogens with one attached hydrogen (secondary N) is 3. The lowest BCUT2D eigenvalue weighted by Gasteiger charge is -2.17. The molecule has 1 saturated carbocycles. The minimum atomic E-state index is -0.256. The van der Waals surface area contributed by atoms with E-state index in [1.54, 1.807) is 19.2 Å². The Balaban J connectivity index is 1.54. The average Bonchev–Trinajstić information content (AvgIpc) is 3.32. The zero-order valence-corrected chi connectivity index (χ0v) is 14.4. The Hall–Kier alpha value is -2.76. The van der Waals surface area contributed by atoms with Crippen LogP contribution in [0.15, 0.2) is 52.1 Å². The van der Waals surface area contributed by atoms with Gasteiger partial charge in [0.1, 0.15) is 0 Å². The van der Waals surface area contributed by atoms with Crippen molar-refractivity contribution in [2.75, 3.05) is 12.4 Å². The molecule has 0 bridgehead atoms. The molecule has 0 unspecified atom stereocenters. The molecule has 1 aliphatic rings. The number of hydrogen-bond donors (Lipinski definition) is 3. The Kier molecular flexibility index (Phi) is 5.72. The first kappa shape index (κ1) is 17.1. The number of anilines is 1. The van der Waals surface area contributed by atoms with Gasteiger partial charge in [-0.3, -0.25) is 9.79 Å². The van der Waals surface area contributed by atoms with E-state index >= 15 is 0 Å². The van der Waals surface area contributed by atoms with Gasteiger partial charge in [-0.05, 0) is 42.7 Å². The maximum atomic E-state index is 12.0. The first-order valence-corrected chi connectivity index (χ1v) is 8.65. The van der Waals surface area contributed by atoms with E-state index in [0.717, 1.165) is 17.2 Å². The molecule has 1 fully saturated rings. The van der Waals surface area contributed by atoms with Crippen molar-refractivity contribution in [3.63, 3.8) is 0 Å². The molecule has 3 rings (SSSR count). The summed E-state index contributed by atoms with van der Waals surface area (Å²) in [6.45, 7) is 0.636. The molecule has 0 atom stereocenters. The predicted octanol–water partition coefficient (Wildman–Crippen LogP) is 3.14. The van der Waals surface area contributed by atoms with Crippen molar-refractivity contribution in [3.05, 3.63) is 54.0 Å². The van der Waals surface area contributed by atoms with Gasteiger partial charge in [0.25, 0.3) is 5.91 Å². The van der Waals surface area contributed by atoms with E-state index in [0.29, 0.717) is 18.3 Å². The van der Waals surface area contributed by atoms with E-state index in [2.05, 4.69) is 20.9 Å². The van der Waals surface area contributed by atoms with Gasteiger partial charge in [0, 0.05) is 25.3 Å². The highest BCUT2D eigenvalue weighted by atomic mass is 16.3. The molecule has 0 saturated heterocycles. The molecule has 1 aliphatic carbocycles. The van der Waals surface area contributed by atoms with Gasteiger partial charge in [0.2, 0.25) is 0 Å². The highest BCUT2D eigenvalue weighted by Crippen LogP contribution is 2.17. The number of nitrogens with zero attached hydrogens (tertiary/aromatic N) is 1. The smallest absolute Gasteiger partial charge is 0.291 e. The van der Waals surface area contributed by atoms with Crippen LogP contribution < -0.4 is 16.0 Å². The average molecular weight is 340 g/mol. The van der Waals surface area contributed by atoms with E-state index < -0.39 is 0 Å². The molecule has 1 aromatic heterocycles. The van der Waals surface area contributed by atoms with Crippen LogP contribution in [-0.4, -0.2) is 25.0 Å². The first-order valence-electron chi connectivity index (χ1n) is 8.65. The molecule has 1 aromatic carbocycles. The largest absolute Gasteiger partial charge is 0.459 e. The summed E-state index contributed by atoms with van der Waals surface area (Å²) in [6.07, 6.45) is 6.46. The van der Waals surface area contributed by atoms with Crippen LogP contribution in [0.1, 0.15) is 41.8 Å². The molecular weight excluding hydrogens is 316 g/mol. The quantitative estimate of drug-likeness (QED) is 0.577. The third-order valence-corrected chi connectivity index (χ3v) is 4.31. The molecule has 0 aliphatic heterocycles. The Bertz CT molecular complexity index is 719. The Labute approximate surface area is 147 Å². The molecular formula is C19H24N4O2. The monoisotopic (exact) mass is 340 g/mol. The Morgan fingerprint density at radius 1 is 1.24 bits per heavy atom. The van der Waals surface area contributed by atoms with Crippen molar-refractivity contribution in [2.24, 2.45) is 4.99 Å². The molecule has 1 amide bonds. The predicted molar refractivity (Wildman–Crippen MR) is 98.7 cm³/mol. The van der Waals surface area contributed by atoms with E-state index in [1.807, 2.05) is 24.3 Å². The second-order valence-electron chi connectivity index (χ2n) is 6.18. The Morgan fingerprint density at radius 2 is 2.08 bits per heavy atom. The van der Waals surface area contributed by atoms with Crippen LogP contribution in [0.3, 0.4) is 0 Å². The fraction of sp³-hybridized carbons (Fsp3) is 0.368. The first-order chi connectivity index (χ1) is 12.2. The number of aliphatic imine (C=N–C) groups is 1. The van der Waals surface area contributed by atoms with Crippen molar-refractivity contribution < 1.29 is 9.21 Å². The van der Waals surface area contributed by atoms with Gasteiger partial charge in [-0.15, -0.1) is 0 Å². The van der Waals surface area contributed by atoms with Crippen LogP contribution in [0.5, 0.6) is 0 Å². The molecule has 25 heavy (non-hydrogen) atoms. The zero-order valence-electron chi connectivity index (χ0n) is 14.4. The molecule has 6 nitrogen and oxygen atoms in total. The summed E-state index contributed by atoms with van der Waals surface area (Å²) in [5.41, 5.74) is 1.80. The van der Waals surface area contributed by atoms with Crippen LogP contribution in [0.4, 0.5) is 5.69 Å². The maximum absolute atomic E-state index is 12.0. The van der Waals surface area contributed by atoms with Crippen molar-refractivity contribution in [2.45, 2.75) is 38.3 Å². The van der Waals surface area contributed by atoms with E-state index in [-0.39, 0.29) is 5.91 Å². The fourth-order valence-corrected chi connectivity index (χ4v) is 3.00. The standard InChI is InChI=1S/C19H24N4O2/c1-20-19(23-15-7-2-3-8-15)21-13-14-6-4-9-16(12-14)22-18(24)17-10-5-11-25-17/h4-6,9-12,15H,2-3,7-8,13H2,1H3,(H,22,24)(H2,20,21,23). The lowest BCUT2D eigenvalue weighted by molar-refractivity contribution is 0.0996. The van der Waals surface area contributed by atoms with Crippen LogP contribution in [-0.2, 0) is 6.54 Å². The lowest BCUT2D eigenvalue weighted by atomic mass is 10.2. The van der Waals surface area contributed by atoms with Gasteiger partial charge >= 0.3 is 0 Å². The molecule has 0 radical (unpaired) electrons. The summed E-state index contributed by atoms with van der Waals surface area (Å²) in [6, 6.07) is 11.6. The number of guanidine groups is 1. The van der Waals surface area contributed by atoms with Crippen LogP contribution in [0.2, 0.25) is 0 Å². The number of carbonyl (C=O) groups excluding carboxylic acids is 1. The lowest BCUT2D eigenvalue weighted by Crippen LogP contribution is -2.41. The Morgan fingerprint density at radius 3 is 2.80 bits per heavy atom. The fourth-order valence-electron chi connectivity index (χ4n) is 3.00. The maximum Gasteiger partial charge on any atom is 0.291 e. The summed E-state index contributed by atoms with van der Waals surface area (Å²) in [5.74, 6) is 0.857. The number of carbonyl (C=O) groups is 1. The summed E-state index contributed by atoms with van der Waals surface area (Å²) in [5, 5.41) is 9.63. The van der Waals surface area contributed by atoms with Gasteiger partial charge < -0.3 is 20.4 Å². The molecule has 2 aromatic rings. The van der Waals surface area contributed by atoms with Crippen LogP contribution >= 0.6 is 0 Å². The van der Waals surface area contributed by atoms with Gasteiger partial charge in [-0.2, -0.15) is 0 Å². The van der Waals surface area contributed by atoms with E-state index in [4.69, 9.17) is 4.42 Å². The van der Waals surface area contributed by atoms with Crippen LogP contribution in [0, 0.1) is 0 Å². The second-order valence-corrected chi connectivity index (χ2v) is 6.18. The molecule has 6 heteroatoms. The summed E-state index contributed by atoms with van der Waals surface area (Å²) < 4.78 is 5.11. The number of hydrogen-bond acceptors (Lipinski definition) is 3. The normalized spacial score (nSPS) is 15.2. The van der Waals surface area contributed by atoms with Gasteiger partial charge in [0.05, 0.1) is 6.26 Å². The van der Waals surface area contributed by atoms with Crippen molar-refractivity contribution in [3.8, 4) is 0 Å². The highest BCUT2D eigenvalue weighted by Gasteiger charge is 2.15. The van der Waals surface area contributed by atoms with Crippen molar-refractivity contribution >= 4 is 17.6 Å². The van der Waals surface area contributed by atoms with Gasteiger partial charge in [-0.25, -0.2) is 0 Å². The second kappa shape index (κ2) is 8.37. The molecule has 0 spiro atoms. The topological polar surface area (TPSA) is 78.7 Å². The van der Waals surface area contributed by atoms with Crippen LogP contribution in [0.25, 0.3) is 0 Å². The zero-order chi connectivity index (χ0) is 17.5. The third-order valence-electron chi connectivity index (χ3n) is 4.31. The number of rotatable bonds is 5. The van der Waals surface area contributed by atoms with Gasteiger partial charge in [-0.1, -0.05) is 25.0 Å². The van der Waals surface area contributed by atoms with Crippen molar-refractivity contribution in [1.82, 2.24) is 10.6 Å². The van der Waals surface area contributed by atoms with Crippen molar-refractivity contribution in [1.29, 1.82) is 0 Å². The molecule has 132 valence electrons. The summed E-state index contributed by atoms with van der Waals surface area (Å²) in [7, 11) is 1.78. The number of furan rings is 1. The third kappa shape index (κ3) is 4.86. The van der Waals surface area contributed by atoms with E-state index in [1.165, 1.54) is 31.9 Å². The van der Waals surface area contributed by atoms with Gasteiger partial charge in [0.15, 0.2) is 11.7 Å². The minimum absolute atomic E-state index is 0.256. The van der Waals surface area contributed by atoms with E-state index in [9.17, 15) is 4.79 Å². The minimum Gasteiger partial charge on any atom is -0.459 e. The SMILES string of the molecule is CN=C(NCc1cccc(NC(=O)c2ccco2)c1)NC1CCCC1.